The summed E-state index contributed by atoms with van der Waals surface area (Å²) < 4.78 is 2.81. The summed E-state index contributed by atoms with van der Waals surface area (Å²) in [4.78, 5) is 47.7. The minimum absolute atomic E-state index is 0.191. The predicted molar refractivity (Wildman–Crippen MR) is 91.3 cm³/mol. The van der Waals surface area contributed by atoms with Crippen LogP contribution in [0.25, 0.3) is 11.0 Å². The fraction of sp³-hybridized carbons (Fsp3) is 0.375. The SMILES string of the molecule is CCNC(=O)Nc1ccc2c(c1)n(C)c(=O)n2C1CCC(=O)NC1=O. The Morgan fingerprint density at radius 1 is 1.28 bits per heavy atom. The number of aryl methyl sites for hydroxylation is 1. The molecule has 0 radical (unpaired) electrons. The van der Waals surface area contributed by atoms with Crippen molar-refractivity contribution in [3.8, 4) is 0 Å². The van der Waals surface area contributed by atoms with Crippen molar-refractivity contribution < 1.29 is 14.4 Å². The second-order valence-corrected chi connectivity index (χ2v) is 5.87. The van der Waals surface area contributed by atoms with Crippen LogP contribution in [0.2, 0.25) is 0 Å². The van der Waals surface area contributed by atoms with E-state index in [1.807, 2.05) is 6.92 Å². The van der Waals surface area contributed by atoms with Crippen LogP contribution in [0.3, 0.4) is 0 Å². The van der Waals surface area contributed by atoms with Gasteiger partial charge < -0.3 is 10.6 Å². The number of carbonyl (C=O) groups excluding carboxylic acids is 3. The fourth-order valence-corrected chi connectivity index (χ4v) is 3.01. The van der Waals surface area contributed by atoms with Crippen LogP contribution in [0.4, 0.5) is 10.5 Å². The Labute approximate surface area is 143 Å². The zero-order chi connectivity index (χ0) is 18.1. The zero-order valence-electron chi connectivity index (χ0n) is 14.0. The molecule has 3 rings (SSSR count). The minimum atomic E-state index is -0.726. The van der Waals surface area contributed by atoms with Crippen LogP contribution in [0, 0.1) is 0 Å². The number of imide groups is 1. The van der Waals surface area contributed by atoms with E-state index in [2.05, 4.69) is 16.0 Å². The number of nitrogens with zero attached hydrogens (tertiary/aromatic N) is 2. The molecule has 9 heteroatoms. The quantitative estimate of drug-likeness (QED) is 0.701. The summed E-state index contributed by atoms with van der Waals surface area (Å²) in [6.45, 7) is 2.31. The summed E-state index contributed by atoms with van der Waals surface area (Å²) in [6, 6.07) is 3.96. The van der Waals surface area contributed by atoms with Gasteiger partial charge in [0, 0.05) is 25.7 Å². The molecule has 3 N–H and O–H groups in total. The van der Waals surface area contributed by atoms with E-state index >= 15 is 0 Å². The lowest BCUT2D eigenvalue weighted by molar-refractivity contribution is -0.135. The van der Waals surface area contributed by atoms with Gasteiger partial charge in [-0.2, -0.15) is 0 Å². The highest BCUT2D eigenvalue weighted by Gasteiger charge is 2.31. The lowest BCUT2D eigenvalue weighted by Crippen LogP contribution is -2.44. The van der Waals surface area contributed by atoms with Gasteiger partial charge in [-0.15, -0.1) is 0 Å². The third kappa shape index (κ3) is 3.00. The molecule has 1 aliphatic rings. The second kappa shape index (κ2) is 6.42. The Morgan fingerprint density at radius 2 is 2.04 bits per heavy atom. The van der Waals surface area contributed by atoms with E-state index in [0.29, 0.717) is 23.3 Å². The van der Waals surface area contributed by atoms with Gasteiger partial charge in [-0.1, -0.05) is 0 Å². The molecule has 4 amide bonds. The lowest BCUT2D eigenvalue weighted by atomic mass is 10.1. The molecule has 1 aromatic heterocycles. The maximum atomic E-state index is 12.6. The molecular formula is C16H19N5O4. The van der Waals surface area contributed by atoms with Crippen molar-refractivity contribution in [3.05, 3.63) is 28.7 Å². The Hall–Kier alpha value is -3.10. The van der Waals surface area contributed by atoms with Crippen molar-refractivity contribution in [3.63, 3.8) is 0 Å². The molecule has 0 saturated carbocycles. The highest BCUT2D eigenvalue weighted by atomic mass is 16.2. The normalized spacial score (nSPS) is 17.4. The van der Waals surface area contributed by atoms with Gasteiger partial charge in [0.25, 0.3) is 0 Å². The summed E-state index contributed by atoms with van der Waals surface area (Å²) in [7, 11) is 1.60. The van der Waals surface area contributed by atoms with Crippen molar-refractivity contribution >= 4 is 34.6 Å². The number of benzene rings is 1. The van der Waals surface area contributed by atoms with Crippen LogP contribution in [-0.2, 0) is 16.6 Å². The number of piperidine rings is 1. The number of urea groups is 1. The van der Waals surface area contributed by atoms with Crippen LogP contribution < -0.4 is 21.6 Å². The van der Waals surface area contributed by atoms with Crippen molar-refractivity contribution in [2.24, 2.45) is 7.05 Å². The molecule has 25 heavy (non-hydrogen) atoms. The third-order valence-electron chi connectivity index (χ3n) is 4.21. The summed E-state index contributed by atoms with van der Waals surface area (Å²) in [6.07, 6.45) is 0.471. The highest BCUT2D eigenvalue weighted by Crippen LogP contribution is 2.24. The van der Waals surface area contributed by atoms with Crippen molar-refractivity contribution in [2.75, 3.05) is 11.9 Å². The number of hydrogen-bond donors (Lipinski definition) is 3. The summed E-state index contributed by atoms with van der Waals surface area (Å²) in [5, 5.41) is 7.58. The number of aromatic nitrogens is 2. The average Bonchev–Trinajstić information content (AvgIpc) is 2.80. The summed E-state index contributed by atoms with van der Waals surface area (Å²) in [5.74, 6) is -0.807. The van der Waals surface area contributed by atoms with E-state index in [9.17, 15) is 19.2 Å². The molecule has 1 fully saturated rings. The Bertz CT molecular complexity index is 926. The molecule has 1 aromatic carbocycles. The maximum Gasteiger partial charge on any atom is 0.329 e. The smallest absolute Gasteiger partial charge is 0.329 e. The molecule has 0 aliphatic carbocycles. The highest BCUT2D eigenvalue weighted by molar-refractivity contribution is 6.00. The first kappa shape index (κ1) is 16.7. The van der Waals surface area contributed by atoms with Crippen LogP contribution in [0.5, 0.6) is 0 Å². The molecule has 2 aromatic rings. The van der Waals surface area contributed by atoms with E-state index in [-0.39, 0.29) is 30.5 Å². The number of hydrogen-bond acceptors (Lipinski definition) is 4. The van der Waals surface area contributed by atoms with Gasteiger partial charge >= 0.3 is 11.7 Å². The van der Waals surface area contributed by atoms with Gasteiger partial charge in [0.05, 0.1) is 11.0 Å². The van der Waals surface area contributed by atoms with Gasteiger partial charge in [-0.05, 0) is 31.5 Å². The number of imidazole rings is 1. The van der Waals surface area contributed by atoms with Crippen LogP contribution >= 0.6 is 0 Å². The third-order valence-corrected chi connectivity index (χ3v) is 4.21. The van der Waals surface area contributed by atoms with E-state index in [1.54, 1.807) is 25.2 Å². The van der Waals surface area contributed by atoms with E-state index in [1.165, 1.54) is 9.13 Å². The van der Waals surface area contributed by atoms with Gasteiger partial charge in [0.2, 0.25) is 11.8 Å². The van der Waals surface area contributed by atoms with E-state index in [4.69, 9.17) is 0 Å². The fourth-order valence-electron chi connectivity index (χ4n) is 3.01. The standard InChI is InChI=1S/C16H19N5O4/c1-3-17-15(24)18-9-4-5-10-12(8-9)20(2)16(25)21(10)11-6-7-13(22)19-14(11)23/h4-5,8,11H,3,6-7H2,1-2H3,(H2,17,18,24)(H,19,22,23). The largest absolute Gasteiger partial charge is 0.338 e. The zero-order valence-corrected chi connectivity index (χ0v) is 14.0. The summed E-state index contributed by atoms with van der Waals surface area (Å²) in [5.41, 5.74) is 1.35. The van der Waals surface area contributed by atoms with Gasteiger partial charge in [0.15, 0.2) is 0 Å². The molecule has 1 aliphatic heterocycles. The summed E-state index contributed by atoms with van der Waals surface area (Å²) >= 11 is 0. The van der Waals surface area contributed by atoms with Crippen molar-refractivity contribution in [1.29, 1.82) is 0 Å². The average molecular weight is 345 g/mol. The molecule has 1 saturated heterocycles. The van der Waals surface area contributed by atoms with Crippen molar-refractivity contribution in [2.45, 2.75) is 25.8 Å². The van der Waals surface area contributed by atoms with Crippen molar-refractivity contribution in [1.82, 2.24) is 19.8 Å². The second-order valence-electron chi connectivity index (χ2n) is 5.87. The van der Waals surface area contributed by atoms with E-state index < -0.39 is 11.9 Å². The van der Waals surface area contributed by atoms with Gasteiger partial charge in [-0.3, -0.25) is 24.0 Å². The number of amides is 4. The van der Waals surface area contributed by atoms with Crippen LogP contribution in [0.15, 0.2) is 23.0 Å². The van der Waals surface area contributed by atoms with Crippen LogP contribution in [-0.4, -0.2) is 33.5 Å². The van der Waals surface area contributed by atoms with E-state index in [0.717, 1.165) is 0 Å². The number of carbonyl (C=O) groups is 3. The molecular weight excluding hydrogens is 326 g/mol. The predicted octanol–water partition coefficient (Wildman–Crippen LogP) is 0.459. The van der Waals surface area contributed by atoms with Gasteiger partial charge in [-0.25, -0.2) is 9.59 Å². The van der Waals surface area contributed by atoms with Crippen LogP contribution in [0.1, 0.15) is 25.8 Å². The topological polar surface area (TPSA) is 114 Å². The Balaban J connectivity index is 2.02. The first-order chi connectivity index (χ1) is 11.9. The first-order valence-electron chi connectivity index (χ1n) is 8.02. The molecule has 1 unspecified atom stereocenters. The number of anilines is 1. The molecule has 0 bridgehead atoms. The molecule has 0 spiro atoms. The van der Waals surface area contributed by atoms with Gasteiger partial charge in [0.1, 0.15) is 6.04 Å². The maximum absolute atomic E-state index is 12.6. The molecule has 9 nitrogen and oxygen atoms in total. The lowest BCUT2D eigenvalue weighted by Gasteiger charge is -2.21. The Morgan fingerprint density at radius 3 is 2.72 bits per heavy atom. The number of rotatable bonds is 3. The minimum Gasteiger partial charge on any atom is -0.338 e. The number of fused-ring (bicyclic) bond motifs is 1. The molecule has 1 atom stereocenters. The first-order valence-corrected chi connectivity index (χ1v) is 8.02. The molecule has 2 heterocycles. The Kier molecular flexibility index (Phi) is 4.30. The monoisotopic (exact) mass is 345 g/mol. The number of nitrogens with one attached hydrogen (secondary N) is 3. The molecule has 132 valence electrons.